The predicted octanol–water partition coefficient (Wildman–Crippen LogP) is 0.919. The van der Waals surface area contributed by atoms with Crippen molar-refractivity contribution in [1.82, 2.24) is 0 Å². The highest BCUT2D eigenvalue weighted by molar-refractivity contribution is 9.08. The Labute approximate surface area is 99.1 Å². The van der Waals surface area contributed by atoms with Gasteiger partial charge in [0, 0.05) is 10.0 Å². The lowest BCUT2D eigenvalue weighted by Gasteiger charge is -2.17. The third-order valence-corrected chi connectivity index (χ3v) is 4.04. The second kappa shape index (κ2) is 3.88. The molecule has 2 rings (SSSR count). The Balaban J connectivity index is 2.56. The zero-order valence-corrected chi connectivity index (χ0v) is 10.1. The van der Waals surface area contributed by atoms with E-state index in [-0.39, 0.29) is 4.78 Å². The van der Waals surface area contributed by atoms with Crippen LogP contribution in [0.25, 0.3) is 10.1 Å². The summed E-state index contributed by atoms with van der Waals surface area (Å²) < 4.78 is 1.12. The van der Waals surface area contributed by atoms with E-state index in [1.54, 1.807) is 6.07 Å². The summed E-state index contributed by atoms with van der Waals surface area (Å²) in [7, 11) is 0. The Morgan fingerprint density at radius 1 is 1.20 bits per heavy atom. The number of hydrogen-bond acceptors (Lipinski definition) is 4. The van der Waals surface area contributed by atoms with Crippen LogP contribution in [-0.2, 0) is 5.33 Å². The third kappa shape index (κ3) is 2.24. The molecule has 1 aromatic carbocycles. The van der Waals surface area contributed by atoms with Crippen LogP contribution >= 0.6 is 27.3 Å². The lowest BCUT2D eigenvalue weighted by atomic mass is 9.78. The van der Waals surface area contributed by atoms with Gasteiger partial charge in [0.15, 0.2) is 0 Å². The van der Waals surface area contributed by atoms with Crippen molar-refractivity contribution in [3.8, 4) is 0 Å². The first-order valence-electron chi connectivity index (χ1n) is 4.41. The van der Waals surface area contributed by atoms with E-state index in [0.717, 1.165) is 21.0 Å². The van der Waals surface area contributed by atoms with Crippen LogP contribution in [0.1, 0.15) is 5.56 Å². The van der Waals surface area contributed by atoms with Crippen molar-refractivity contribution in [2.45, 2.75) is 5.33 Å². The van der Waals surface area contributed by atoms with Crippen molar-refractivity contribution >= 4 is 48.9 Å². The molecule has 0 aliphatic rings. The number of rotatable bonds is 2. The van der Waals surface area contributed by atoms with Crippen LogP contribution in [-0.4, -0.2) is 21.8 Å². The van der Waals surface area contributed by atoms with E-state index in [1.165, 1.54) is 11.3 Å². The van der Waals surface area contributed by atoms with Crippen LogP contribution in [0, 0.1) is 0 Å². The van der Waals surface area contributed by atoms with E-state index in [2.05, 4.69) is 15.9 Å². The molecular formula is C9H9BBrO3S-. The Morgan fingerprint density at radius 3 is 2.53 bits per heavy atom. The molecule has 2 aromatic rings. The predicted molar refractivity (Wildman–Crippen MR) is 66.5 cm³/mol. The molecule has 3 N–H and O–H groups in total. The number of fused-ring (bicyclic) bond motifs is 1. The Bertz CT molecular complexity index is 492. The van der Waals surface area contributed by atoms with Crippen LogP contribution < -0.4 is 4.78 Å². The molecule has 0 fully saturated rings. The molecule has 1 aromatic heterocycles. The molecule has 0 saturated heterocycles. The highest BCUT2D eigenvalue weighted by Gasteiger charge is 2.20. The van der Waals surface area contributed by atoms with Crippen molar-refractivity contribution in [3.05, 3.63) is 29.8 Å². The first-order chi connectivity index (χ1) is 7.00. The van der Waals surface area contributed by atoms with Gasteiger partial charge >= 0.3 is 6.75 Å². The van der Waals surface area contributed by atoms with Crippen LogP contribution in [0.4, 0.5) is 0 Å². The smallest absolute Gasteiger partial charge is 0.412 e. The van der Waals surface area contributed by atoms with Gasteiger partial charge in [-0.25, -0.2) is 0 Å². The minimum absolute atomic E-state index is 0.191. The topological polar surface area (TPSA) is 60.7 Å². The van der Waals surface area contributed by atoms with Gasteiger partial charge in [-0.3, -0.25) is 0 Å². The molecule has 0 atom stereocenters. The zero-order valence-electron chi connectivity index (χ0n) is 7.72. The number of thiophene rings is 1. The second-order valence-corrected chi connectivity index (χ2v) is 5.06. The SMILES string of the molecule is O[B-](O)(O)c1cc2cc(CBr)ccc2s1. The molecule has 0 aliphatic carbocycles. The quantitative estimate of drug-likeness (QED) is 0.569. The van der Waals surface area contributed by atoms with Gasteiger partial charge < -0.3 is 15.1 Å². The number of hydrogen-bond donors (Lipinski definition) is 3. The second-order valence-electron chi connectivity index (χ2n) is 3.39. The number of alkyl halides is 1. The number of benzene rings is 1. The molecule has 0 spiro atoms. The lowest BCUT2D eigenvalue weighted by molar-refractivity contribution is 0.251. The van der Waals surface area contributed by atoms with Gasteiger partial charge in [0.2, 0.25) is 0 Å². The molecule has 3 nitrogen and oxygen atoms in total. The van der Waals surface area contributed by atoms with Gasteiger partial charge in [0.1, 0.15) is 0 Å². The van der Waals surface area contributed by atoms with E-state index in [9.17, 15) is 0 Å². The summed E-state index contributed by atoms with van der Waals surface area (Å²) in [4.78, 5) is 0. The molecule has 15 heavy (non-hydrogen) atoms. The first-order valence-corrected chi connectivity index (χ1v) is 6.35. The standard InChI is InChI=1S/C9H9BBrO3S/c11-5-6-1-2-8-7(3-6)4-9(15-8)10(12,13)14/h1-4,12-14H,5H2/q-1. The molecule has 0 unspecified atom stereocenters. The maximum atomic E-state index is 9.09. The van der Waals surface area contributed by atoms with E-state index in [1.807, 2.05) is 18.2 Å². The van der Waals surface area contributed by atoms with Crippen LogP contribution in [0.3, 0.4) is 0 Å². The fourth-order valence-corrected chi connectivity index (χ4v) is 2.71. The summed E-state index contributed by atoms with van der Waals surface area (Å²) in [6, 6.07) is 7.41. The average Bonchev–Trinajstić information content (AvgIpc) is 2.59. The van der Waals surface area contributed by atoms with Crippen molar-refractivity contribution in [2.75, 3.05) is 0 Å². The highest BCUT2D eigenvalue weighted by atomic mass is 79.9. The van der Waals surface area contributed by atoms with E-state index in [4.69, 9.17) is 15.1 Å². The molecule has 0 amide bonds. The van der Waals surface area contributed by atoms with Gasteiger partial charge in [-0.1, -0.05) is 32.8 Å². The molecule has 6 heteroatoms. The minimum Gasteiger partial charge on any atom is -0.555 e. The molecule has 80 valence electrons. The summed E-state index contributed by atoms with van der Waals surface area (Å²) in [5.41, 5.74) is 1.11. The highest BCUT2D eigenvalue weighted by Crippen LogP contribution is 2.22. The van der Waals surface area contributed by atoms with E-state index in [0.29, 0.717) is 0 Å². The fourth-order valence-electron chi connectivity index (χ4n) is 1.39. The summed E-state index contributed by atoms with van der Waals surface area (Å²) in [6.07, 6.45) is 0. The zero-order chi connectivity index (χ0) is 11.1. The third-order valence-electron chi connectivity index (χ3n) is 2.14. The molecule has 1 heterocycles. The molecule has 0 bridgehead atoms. The van der Waals surface area contributed by atoms with Gasteiger partial charge in [-0.2, -0.15) is 11.3 Å². The van der Waals surface area contributed by atoms with Crippen molar-refractivity contribution in [2.24, 2.45) is 0 Å². The summed E-state index contributed by atoms with van der Waals surface area (Å²) in [6.45, 7) is -3.37. The van der Waals surface area contributed by atoms with E-state index >= 15 is 0 Å². The maximum absolute atomic E-state index is 9.09. The van der Waals surface area contributed by atoms with Gasteiger partial charge in [0.25, 0.3) is 0 Å². The average molecular weight is 288 g/mol. The van der Waals surface area contributed by atoms with Crippen LogP contribution in [0.2, 0.25) is 0 Å². The van der Waals surface area contributed by atoms with Gasteiger partial charge in [-0.15, -0.1) is 0 Å². The largest absolute Gasteiger partial charge is 0.555 e. The Kier molecular flexibility index (Phi) is 2.87. The molecule has 0 radical (unpaired) electrons. The monoisotopic (exact) mass is 287 g/mol. The fraction of sp³-hybridized carbons (Fsp3) is 0.111. The normalized spacial score (nSPS) is 12.3. The van der Waals surface area contributed by atoms with Crippen molar-refractivity contribution < 1.29 is 15.1 Å². The Hall–Kier alpha value is -0.395. The first kappa shape index (κ1) is 11.1. The van der Waals surface area contributed by atoms with Crippen molar-refractivity contribution in [3.63, 3.8) is 0 Å². The molecule has 0 saturated carbocycles. The Morgan fingerprint density at radius 2 is 1.93 bits per heavy atom. The number of halogens is 1. The van der Waals surface area contributed by atoms with Crippen LogP contribution in [0.15, 0.2) is 24.3 Å². The maximum Gasteiger partial charge on any atom is 0.412 e. The minimum atomic E-state index is -3.37. The summed E-state index contributed by atoms with van der Waals surface area (Å²) >= 11 is 4.53. The van der Waals surface area contributed by atoms with Crippen molar-refractivity contribution in [1.29, 1.82) is 0 Å². The van der Waals surface area contributed by atoms with Gasteiger partial charge in [0.05, 0.1) is 0 Å². The van der Waals surface area contributed by atoms with Crippen LogP contribution in [0.5, 0.6) is 0 Å². The molecule has 0 aliphatic heterocycles. The van der Waals surface area contributed by atoms with E-state index < -0.39 is 6.75 Å². The van der Waals surface area contributed by atoms with Gasteiger partial charge in [-0.05, 0) is 23.1 Å². The molecular weight excluding hydrogens is 279 g/mol. The lowest BCUT2D eigenvalue weighted by Crippen LogP contribution is -2.46. The summed E-state index contributed by atoms with van der Waals surface area (Å²) in [5, 5.41) is 28.9. The summed E-state index contributed by atoms with van der Waals surface area (Å²) in [5.74, 6) is 0.